The van der Waals surface area contributed by atoms with Crippen LogP contribution in [-0.4, -0.2) is 43.9 Å². The summed E-state index contributed by atoms with van der Waals surface area (Å²) in [5.41, 5.74) is -0.843. The number of nitrogens with one attached hydrogen (secondary N) is 1. The molecule has 2 amide bonds. The van der Waals surface area contributed by atoms with E-state index in [1.807, 2.05) is 0 Å². The lowest BCUT2D eigenvalue weighted by Gasteiger charge is -2.26. The van der Waals surface area contributed by atoms with Crippen LogP contribution in [0.5, 0.6) is 0 Å². The predicted octanol–water partition coefficient (Wildman–Crippen LogP) is 1.97. The molecule has 0 radical (unpaired) electrons. The molecule has 0 aromatic heterocycles. The first-order valence-corrected chi connectivity index (χ1v) is 7.93. The summed E-state index contributed by atoms with van der Waals surface area (Å²) in [6.45, 7) is 0.0697. The number of carbonyl (C=O) groups excluding carboxylic acids is 1. The Morgan fingerprint density at radius 2 is 1.81 bits per heavy atom. The van der Waals surface area contributed by atoms with Crippen molar-refractivity contribution < 1.29 is 26.4 Å². The minimum Gasteiger partial charge on any atom is -0.322 e. The van der Waals surface area contributed by atoms with E-state index in [1.54, 1.807) is 0 Å². The molecular formula is C12H13F3N2O3S. The number of urea groups is 1. The fourth-order valence-electron chi connectivity index (χ4n) is 1.89. The summed E-state index contributed by atoms with van der Waals surface area (Å²) in [5.74, 6) is -0.272. The SMILES string of the molecule is O=C(Nc1cccc(C(F)(F)F)c1)N1CCS(=O)(=O)CC1. The van der Waals surface area contributed by atoms with Gasteiger partial charge in [0.25, 0.3) is 0 Å². The second-order valence-corrected chi connectivity index (χ2v) is 6.95. The van der Waals surface area contributed by atoms with Gasteiger partial charge in [0.15, 0.2) is 9.84 Å². The monoisotopic (exact) mass is 322 g/mol. The van der Waals surface area contributed by atoms with Crippen LogP contribution in [0.25, 0.3) is 0 Å². The van der Waals surface area contributed by atoms with Gasteiger partial charge < -0.3 is 10.2 Å². The van der Waals surface area contributed by atoms with Crippen LogP contribution in [0.2, 0.25) is 0 Å². The van der Waals surface area contributed by atoms with E-state index >= 15 is 0 Å². The Hall–Kier alpha value is -1.77. The van der Waals surface area contributed by atoms with Gasteiger partial charge in [-0.15, -0.1) is 0 Å². The van der Waals surface area contributed by atoms with Crippen LogP contribution >= 0.6 is 0 Å². The number of hydrogen-bond acceptors (Lipinski definition) is 3. The van der Waals surface area contributed by atoms with Gasteiger partial charge in [-0.25, -0.2) is 13.2 Å². The number of carbonyl (C=O) groups is 1. The first kappa shape index (κ1) is 15.6. The highest BCUT2D eigenvalue weighted by Gasteiger charge is 2.31. The molecule has 116 valence electrons. The van der Waals surface area contributed by atoms with Crippen LogP contribution < -0.4 is 5.32 Å². The zero-order chi connectivity index (χ0) is 15.7. The van der Waals surface area contributed by atoms with Gasteiger partial charge in [0.2, 0.25) is 0 Å². The molecule has 0 unspecified atom stereocenters. The summed E-state index contributed by atoms with van der Waals surface area (Å²) in [6.07, 6.45) is -4.49. The molecule has 1 aromatic carbocycles. The average Bonchev–Trinajstić information content (AvgIpc) is 2.37. The molecule has 1 fully saturated rings. The second kappa shape index (κ2) is 5.55. The molecule has 1 aromatic rings. The van der Waals surface area contributed by atoms with Gasteiger partial charge in [-0.1, -0.05) is 6.07 Å². The van der Waals surface area contributed by atoms with Crippen LogP contribution in [0.4, 0.5) is 23.7 Å². The molecule has 0 saturated carbocycles. The number of anilines is 1. The average molecular weight is 322 g/mol. The van der Waals surface area contributed by atoms with Crippen molar-refractivity contribution in [3.8, 4) is 0 Å². The fourth-order valence-corrected chi connectivity index (χ4v) is 3.09. The van der Waals surface area contributed by atoms with Crippen molar-refractivity contribution in [2.24, 2.45) is 0 Å². The van der Waals surface area contributed by atoms with Crippen molar-refractivity contribution in [1.29, 1.82) is 0 Å². The topological polar surface area (TPSA) is 66.5 Å². The highest BCUT2D eigenvalue weighted by Crippen LogP contribution is 2.30. The summed E-state index contributed by atoms with van der Waals surface area (Å²) in [7, 11) is -3.12. The Bertz CT molecular complexity index is 629. The van der Waals surface area contributed by atoms with E-state index in [-0.39, 0.29) is 30.3 Å². The smallest absolute Gasteiger partial charge is 0.322 e. The standard InChI is InChI=1S/C12H13F3N2O3S/c13-12(14,15)9-2-1-3-10(8-9)16-11(18)17-4-6-21(19,20)7-5-17/h1-3,8H,4-7H2,(H,16,18). The van der Waals surface area contributed by atoms with E-state index < -0.39 is 27.6 Å². The Labute approximate surface area is 119 Å². The van der Waals surface area contributed by atoms with Gasteiger partial charge in [-0.05, 0) is 18.2 Å². The Kier molecular flexibility index (Phi) is 4.13. The minimum absolute atomic E-state index is 0.0169. The highest BCUT2D eigenvalue weighted by molar-refractivity contribution is 7.91. The molecule has 5 nitrogen and oxygen atoms in total. The molecule has 21 heavy (non-hydrogen) atoms. The summed E-state index contributed by atoms with van der Waals surface area (Å²) < 4.78 is 60.2. The van der Waals surface area contributed by atoms with Crippen molar-refractivity contribution in [3.05, 3.63) is 29.8 Å². The lowest BCUT2D eigenvalue weighted by molar-refractivity contribution is -0.137. The Balaban J connectivity index is 2.04. The zero-order valence-electron chi connectivity index (χ0n) is 10.9. The van der Waals surface area contributed by atoms with Gasteiger partial charge in [-0.3, -0.25) is 0 Å². The van der Waals surface area contributed by atoms with Crippen LogP contribution in [-0.2, 0) is 16.0 Å². The number of alkyl halides is 3. The maximum atomic E-state index is 12.6. The molecule has 1 aliphatic rings. The van der Waals surface area contributed by atoms with Gasteiger partial charge in [0.05, 0.1) is 17.1 Å². The largest absolute Gasteiger partial charge is 0.416 e. The number of amides is 2. The maximum absolute atomic E-state index is 12.6. The minimum atomic E-state index is -4.49. The van der Waals surface area contributed by atoms with Gasteiger partial charge in [0, 0.05) is 18.8 Å². The van der Waals surface area contributed by atoms with Gasteiger partial charge in [0.1, 0.15) is 0 Å². The number of benzene rings is 1. The van der Waals surface area contributed by atoms with Crippen LogP contribution in [0.1, 0.15) is 5.56 Å². The van der Waals surface area contributed by atoms with Crippen molar-refractivity contribution in [3.63, 3.8) is 0 Å². The predicted molar refractivity (Wildman–Crippen MR) is 70.7 cm³/mol. The number of nitrogens with zero attached hydrogens (tertiary/aromatic N) is 1. The molecule has 0 bridgehead atoms. The molecule has 9 heteroatoms. The molecular weight excluding hydrogens is 309 g/mol. The van der Waals surface area contributed by atoms with E-state index in [9.17, 15) is 26.4 Å². The summed E-state index contributed by atoms with van der Waals surface area (Å²) in [4.78, 5) is 13.1. The fraction of sp³-hybridized carbons (Fsp3) is 0.417. The van der Waals surface area contributed by atoms with Crippen molar-refractivity contribution in [2.45, 2.75) is 6.18 Å². The van der Waals surface area contributed by atoms with Gasteiger partial charge in [-0.2, -0.15) is 13.2 Å². The van der Waals surface area contributed by atoms with Gasteiger partial charge >= 0.3 is 12.2 Å². The third kappa shape index (κ3) is 4.10. The van der Waals surface area contributed by atoms with Crippen molar-refractivity contribution in [2.75, 3.05) is 29.9 Å². The number of hydrogen-bond donors (Lipinski definition) is 1. The van der Waals surface area contributed by atoms with E-state index in [1.165, 1.54) is 17.0 Å². The third-order valence-corrected chi connectivity index (χ3v) is 4.68. The molecule has 1 N–H and O–H groups in total. The van der Waals surface area contributed by atoms with E-state index in [4.69, 9.17) is 0 Å². The summed E-state index contributed by atoms with van der Waals surface area (Å²) in [6, 6.07) is 3.67. The quantitative estimate of drug-likeness (QED) is 0.859. The molecule has 1 aliphatic heterocycles. The third-order valence-electron chi connectivity index (χ3n) is 3.07. The normalized spacial score (nSPS) is 18.3. The Morgan fingerprint density at radius 3 is 2.38 bits per heavy atom. The van der Waals surface area contributed by atoms with Crippen LogP contribution in [0, 0.1) is 0 Å². The second-order valence-electron chi connectivity index (χ2n) is 4.65. The lowest BCUT2D eigenvalue weighted by atomic mass is 10.2. The highest BCUT2D eigenvalue weighted by atomic mass is 32.2. The number of rotatable bonds is 1. The lowest BCUT2D eigenvalue weighted by Crippen LogP contribution is -2.45. The molecule has 1 saturated heterocycles. The van der Waals surface area contributed by atoms with Crippen molar-refractivity contribution in [1.82, 2.24) is 4.90 Å². The molecule has 0 aliphatic carbocycles. The van der Waals surface area contributed by atoms with Crippen LogP contribution in [0.15, 0.2) is 24.3 Å². The van der Waals surface area contributed by atoms with Crippen LogP contribution in [0.3, 0.4) is 0 Å². The maximum Gasteiger partial charge on any atom is 0.416 e. The first-order chi connectivity index (χ1) is 9.67. The number of sulfone groups is 1. The Morgan fingerprint density at radius 1 is 1.19 bits per heavy atom. The first-order valence-electron chi connectivity index (χ1n) is 6.11. The summed E-state index contributed by atoms with van der Waals surface area (Å²) in [5, 5.41) is 2.34. The zero-order valence-corrected chi connectivity index (χ0v) is 11.7. The molecule has 1 heterocycles. The number of halogens is 3. The molecule has 2 rings (SSSR count). The van der Waals surface area contributed by atoms with E-state index in [0.29, 0.717) is 0 Å². The van der Waals surface area contributed by atoms with E-state index in [2.05, 4.69) is 5.32 Å². The van der Waals surface area contributed by atoms with E-state index in [0.717, 1.165) is 12.1 Å². The molecule has 0 atom stereocenters. The van der Waals surface area contributed by atoms with Crippen molar-refractivity contribution >= 4 is 21.6 Å². The summed E-state index contributed by atoms with van der Waals surface area (Å²) >= 11 is 0. The molecule has 0 spiro atoms.